The van der Waals surface area contributed by atoms with Crippen molar-refractivity contribution in [2.75, 3.05) is 20.1 Å². The Morgan fingerprint density at radius 3 is 2.69 bits per heavy atom. The predicted octanol–water partition coefficient (Wildman–Crippen LogP) is 3.15. The zero-order valence-corrected chi connectivity index (χ0v) is 16.1. The molecule has 140 valence electrons. The van der Waals surface area contributed by atoms with Crippen molar-refractivity contribution in [3.63, 3.8) is 0 Å². The lowest BCUT2D eigenvalue weighted by atomic mass is 9.92. The second-order valence-corrected chi connectivity index (χ2v) is 8.19. The van der Waals surface area contributed by atoms with Gasteiger partial charge in [0, 0.05) is 36.7 Å². The fourth-order valence-electron chi connectivity index (χ4n) is 3.24. The Labute approximate surface area is 155 Å². The highest BCUT2D eigenvalue weighted by Gasteiger charge is 2.23. The summed E-state index contributed by atoms with van der Waals surface area (Å²) in [5, 5.41) is 7.37. The molecule has 6 heteroatoms. The third kappa shape index (κ3) is 4.49. The molecule has 3 rings (SSSR count). The van der Waals surface area contributed by atoms with Gasteiger partial charge < -0.3 is 14.7 Å². The van der Waals surface area contributed by atoms with Crippen LogP contribution in [0.5, 0.6) is 0 Å². The molecule has 0 radical (unpaired) electrons. The lowest BCUT2D eigenvalue weighted by Crippen LogP contribution is -2.43. The van der Waals surface area contributed by atoms with Crippen molar-refractivity contribution in [1.29, 1.82) is 0 Å². The van der Waals surface area contributed by atoms with Gasteiger partial charge in [0.2, 0.25) is 11.7 Å². The first-order valence-corrected chi connectivity index (χ1v) is 9.25. The smallest absolute Gasteiger partial charge is 0.253 e. The van der Waals surface area contributed by atoms with E-state index in [9.17, 15) is 4.79 Å². The van der Waals surface area contributed by atoms with Crippen molar-refractivity contribution >= 4 is 5.91 Å². The molecule has 1 aliphatic rings. The largest absolute Gasteiger partial charge is 0.339 e. The van der Waals surface area contributed by atoms with E-state index in [4.69, 9.17) is 4.52 Å². The molecule has 0 spiro atoms. The van der Waals surface area contributed by atoms with E-state index in [1.165, 1.54) is 0 Å². The molecule has 1 aromatic heterocycles. The van der Waals surface area contributed by atoms with E-state index >= 15 is 0 Å². The average Bonchev–Trinajstić information content (AvgIpc) is 3.08. The van der Waals surface area contributed by atoms with E-state index in [0.717, 1.165) is 37.9 Å². The first-order valence-electron chi connectivity index (χ1n) is 9.25. The van der Waals surface area contributed by atoms with Crippen LogP contribution in [0.1, 0.15) is 49.9 Å². The van der Waals surface area contributed by atoms with Crippen molar-refractivity contribution in [2.24, 2.45) is 5.41 Å². The standard InChI is InChI=1S/C20H28N4O2/c1-20(2,3)13-17-22-18(23-26-17)14-6-5-7-15(12-14)19(25)24-10-8-16(21-4)9-11-24/h5-7,12,16,21H,8-11,13H2,1-4H3. The van der Waals surface area contributed by atoms with Crippen LogP contribution in [-0.2, 0) is 6.42 Å². The quantitative estimate of drug-likeness (QED) is 0.911. The summed E-state index contributed by atoms with van der Waals surface area (Å²) in [5.41, 5.74) is 1.57. The maximum absolute atomic E-state index is 12.8. The Kier molecular flexibility index (Phi) is 5.41. The molecule has 1 saturated heterocycles. The molecule has 1 aromatic carbocycles. The van der Waals surface area contributed by atoms with Gasteiger partial charge in [-0.1, -0.05) is 38.1 Å². The molecule has 0 atom stereocenters. The molecule has 26 heavy (non-hydrogen) atoms. The maximum Gasteiger partial charge on any atom is 0.253 e. The Morgan fingerprint density at radius 2 is 2.04 bits per heavy atom. The van der Waals surface area contributed by atoms with Crippen LogP contribution in [0.3, 0.4) is 0 Å². The third-order valence-corrected chi connectivity index (χ3v) is 4.71. The molecular formula is C20H28N4O2. The average molecular weight is 356 g/mol. The number of hydrogen-bond acceptors (Lipinski definition) is 5. The fraction of sp³-hybridized carbons (Fsp3) is 0.550. The number of carbonyl (C=O) groups is 1. The summed E-state index contributed by atoms with van der Waals surface area (Å²) in [5.74, 6) is 1.23. The molecule has 0 aliphatic carbocycles. The van der Waals surface area contributed by atoms with Gasteiger partial charge in [-0.15, -0.1) is 0 Å². The van der Waals surface area contributed by atoms with E-state index in [1.54, 1.807) is 0 Å². The number of rotatable bonds is 4. The summed E-state index contributed by atoms with van der Waals surface area (Å²) in [6.07, 6.45) is 2.70. The van der Waals surface area contributed by atoms with Gasteiger partial charge in [0.25, 0.3) is 5.91 Å². The molecular weight excluding hydrogens is 328 g/mol. The highest BCUT2D eigenvalue weighted by Crippen LogP contribution is 2.23. The van der Waals surface area contributed by atoms with Crippen LogP contribution in [0.15, 0.2) is 28.8 Å². The minimum absolute atomic E-state index is 0.0693. The number of carbonyl (C=O) groups excluding carboxylic acids is 1. The van der Waals surface area contributed by atoms with Crippen LogP contribution in [0.4, 0.5) is 0 Å². The first kappa shape index (κ1) is 18.6. The monoisotopic (exact) mass is 356 g/mol. The summed E-state index contributed by atoms with van der Waals surface area (Å²) < 4.78 is 5.37. The van der Waals surface area contributed by atoms with Gasteiger partial charge in [0.15, 0.2) is 0 Å². The molecule has 0 unspecified atom stereocenters. The fourth-order valence-corrected chi connectivity index (χ4v) is 3.24. The third-order valence-electron chi connectivity index (χ3n) is 4.71. The number of piperidine rings is 1. The summed E-state index contributed by atoms with van der Waals surface area (Å²) >= 11 is 0. The van der Waals surface area contributed by atoms with Crippen molar-refractivity contribution in [3.8, 4) is 11.4 Å². The molecule has 1 aliphatic heterocycles. The van der Waals surface area contributed by atoms with E-state index < -0.39 is 0 Å². The molecule has 1 N–H and O–H groups in total. The first-order chi connectivity index (χ1) is 12.4. The highest BCUT2D eigenvalue weighted by atomic mass is 16.5. The minimum atomic E-state index is 0.0693. The Balaban J connectivity index is 1.73. The number of nitrogens with one attached hydrogen (secondary N) is 1. The summed E-state index contributed by atoms with van der Waals surface area (Å²) in [4.78, 5) is 19.2. The molecule has 6 nitrogen and oxygen atoms in total. The Hall–Kier alpha value is -2.21. The van der Waals surface area contributed by atoms with E-state index in [0.29, 0.717) is 23.3 Å². The lowest BCUT2D eigenvalue weighted by Gasteiger charge is -2.31. The van der Waals surface area contributed by atoms with Gasteiger partial charge in [-0.25, -0.2) is 0 Å². The second kappa shape index (κ2) is 7.58. The van der Waals surface area contributed by atoms with Crippen molar-refractivity contribution in [3.05, 3.63) is 35.7 Å². The van der Waals surface area contributed by atoms with Crippen LogP contribution >= 0.6 is 0 Å². The van der Waals surface area contributed by atoms with Crippen molar-refractivity contribution < 1.29 is 9.32 Å². The van der Waals surface area contributed by atoms with Crippen LogP contribution in [0.2, 0.25) is 0 Å². The zero-order chi connectivity index (χ0) is 18.7. The number of hydrogen-bond donors (Lipinski definition) is 1. The van der Waals surface area contributed by atoms with E-state index in [2.05, 4.69) is 36.2 Å². The SMILES string of the molecule is CNC1CCN(C(=O)c2cccc(-c3noc(CC(C)(C)C)n3)c2)CC1. The van der Waals surface area contributed by atoms with Crippen molar-refractivity contribution in [1.82, 2.24) is 20.4 Å². The highest BCUT2D eigenvalue weighted by molar-refractivity contribution is 5.95. The Morgan fingerprint density at radius 1 is 1.31 bits per heavy atom. The van der Waals surface area contributed by atoms with E-state index in [1.807, 2.05) is 36.2 Å². The number of likely N-dealkylation sites (tertiary alicyclic amines) is 1. The van der Waals surface area contributed by atoms with Crippen LogP contribution in [0.25, 0.3) is 11.4 Å². The van der Waals surface area contributed by atoms with Gasteiger partial charge >= 0.3 is 0 Å². The summed E-state index contributed by atoms with van der Waals surface area (Å²) in [7, 11) is 1.98. The summed E-state index contributed by atoms with van der Waals surface area (Å²) in [6.45, 7) is 7.97. The second-order valence-electron chi connectivity index (χ2n) is 8.19. The van der Waals surface area contributed by atoms with Gasteiger partial charge in [0.1, 0.15) is 0 Å². The number of nitrogens with zero attached hydrogens (tertiary/aromatic N) is 3. The minimum Gasteiger partial charge on any atom is -0.339 e. The molecule has 1 amide bonds. The summed E-state index contributed by atoms with van der Waals surface area (Å²) in [6, 6.07) is 8.01. The normalized spacial score (nSPS) is 16.1. The predicted molar refractivity (Wildman–Crippen MR) is 101 cm³/mol. The number of amides is 1. The molecule has 2 heterocycles. The molecule has 1 fully saturated rings. The lowest BCUT2D eigenvalue weighted by molar-refractivity contribution is 0.0707. The van der Waals surface area contributed by atoms with Crippen LogP contribution < -0.4 is 5.32 Å². The topological polar surface area (TPSA) is 71.3 Å². The van der Waals surface area contributed by atoms with Gasteiger partial charge in [-0.2, -0.15) is 4.98 Å². The van der Waals surface area contributed by atoms with Crippen LogP contribution in [0, 0.1) is 5.41 Å². The van der Waals surface area contributed by atoms with Gasteiger partial charge in [-0.05, 0) is 37.4 Å². The van der Waals surface area contributed by atoms with Crippen molar-refractivity contribution in [2.45, 2.75) is 46.1 Å². The van der Waals surface area contributed by atoms with Crippen LogP contribution in [-0.4, -0.2) is 47.1 Å². The van der Waals surface area contributed by atoms with Gasteiger partial charge in [-0.3, -0.25) is 4.79 Å². The molecule has 2 aromatic rings. The number of aromatic nitrogens is 2. The molecule has 0 bridgehead atoms. The number of benzene rings is 1. The zero-order valence-electron chi connectivity index (χ0n) is 16.1. The van der Waals surface area contributed by atoms with Gasteiger partial charge in [0.05, 0.1) is 0 Å². The Bertz CT molecular complexity index is 755. The van der Waals surface area contributed by atoms with E-state index in [-0.39, 0.29) is 11.3 Å². The maximum atomic E-state index is 12.8. The molecule has 0 saturated carbocycles.